The number of amides is 6. The van der Waals surface area contributed by atoms with Gasteiger partial charge in [-0.15, -0.1) is 0 Å². The molecule has 0 saturated heterocycles. The van der Waals surface area contributed by atoms with Crippen LogP contribution in [0.2, 0.25) is 0 Å². The van der Waals surface area contributed by atoms with Gasteiger partial charge < -0.3 is 69.8 Å². The van der Waals surface area contributed by atoms with E-state index in [1.807, 2.05) is 19.9 Å². The Morgan fingerprint density at radius 3 is 1.36 bits per heavy atom. The quantitative estimate of drug-likeness (QED) is 0.0173. The highest BCUT2D eigenvalue weighted by atomic mass is 32.2. The van der Waals surface area contributed by atoms with Crippen molar-refractivity contribution in [3.63, 3.8) is 0 Å². The normalized spacial score (nSPS) is 12.6. The first-order chi connectivity index (χ1) is 41.6. The third-order valence-electron chi connectivity index (χ3n) is 12.1. The van der Waals surface area contributed by atoms with E-state index in [0.717, 1.165) is 24.5 Å². The Morgan fingerprint density at radius 1 is 0.506 bits per heavy atom. The second-order valence-electron chi connectivity index (χ2n) is 19.5. The van der Waals surface area contributed by atoms with Crippen LogP contribution in [0.4, 0.5) is 0 Å². The van der Waals surface area contributed by atoms with Crippen molar-refractivity contribution >= 4 is 67.7 Å². The smallest absolute Gasteiger partial charge is 0.251 e. The topological polar surface area (TPSA) is 368 Å². The van der Waals surface area contributed by atoms with Gasteiger partial charge in [0.1, 0.15) is 6.04 Å². The monoisotopic (exact) mass is 1280 g/mol. The maximum absolute atomic E-state index is 13.3. The maximum atomic E-state index is 13.3. The molecule has 31 heteroatoms. The van der Waals surface area contributed by atoms with Crippen LogP contribution in [0.25, 0.3) is 22.3 Å². The molecule has 0 fully saturated rings. The first-order valence-corrected chi connectivity index (χ1v) is 32.1. The van der Waals surface area contributed by atoms with Crippen molar-refractivity contribution in [2.24, 2.45) is 0 Å². The Kier molecular flexibility index (Phi) is 33.5. The highest BCUT2D eigenvalue weighted by Crippen LogP contribution is 2.28. The van der Waals surface area contributed by atoms with E-state index < -0.39 is 72.5 Å². The van der Waals surface area contributed by atoms with Crippen LogP contribution in [-0.4, -0.2) is 234 Å². The summed E-state index contributed by atoms with van der Waals surface area (Å²) in [5.41, 5.74) is 2.85. The number of thiol groups is 1. The number of rotatable bonds is 45. The van der Waals surface area contributed by atoms with Crippen LogP contribution in [0.15, 0.2) is 83.6 Å². The first-order valence-electron chi connectivity index (χ1n) is 27.9. The van der Waals surface area contributed by atoms with Crippen LogP contribution in [0.5, 0.6) is 0 Å². The zero-order valence-corrected chi connectivity index (χ0v) is 51.9. The number of hydrogen-bond acceptors (Lipinski definition) is 23. The molecule has 4 rings (SSSR count). The summed E-state index contributed by atoms with van der Waals surface area (Å²) in [6, 6.07) is 12.8. The number of aromatic nitrogens is 4. The van der Waals surface area contributed by atoms with Crippen LogP contribution < -0.4 is 31.9 Å². The number of ether oxygens (including phenoxy) is 8. The van der Waals surface area contributed by atoms with Crippen LogP contribution in [0.1, 0.15) is 42.6 Å². The van der Waals surface area contributed by atoms with Gasteiger partial charge in [0.2, 0.25) is 59.5 Å². The number of benzene rings is 2. The van der Waals surface area contributed by atoms with Crippen LogP contribution in [0, 0.1) is 0 Å². The molecule has 0 saturated carbocycles. The van der Waals surface area contributed by atoms with Gasteiger partial charge in [0.15, 0.2) is 0 Å². The van der Waals surface area contributed by atoms with Gasteiger partial charge in [-0.3, -0.25) is 28.8 Å². The van der Waals surface area contributed by atoms with E-state index in [0.29, 0.717) is 101 Å². The van der Waals surface area contributed by atoms with Gasteiger partial charge in [-0.2, -0.15) is 12.6 Å². The molecule has 2 atom stereocenters. The van der Waals surface area contributed by atoms with E-state index in [4.69, 9.17) is 37.9 Å². The zero-order chi connectivity index (χ0) is 63.3. The predicted octanol–water partition coefficient (Wildman–Crippen LogP) is -0.0489. The molecule has 4 aromatic rings. The van der Waals surface area contributed by atoms with Crippen LogP contribution in [0.3, 0.4) is 0 Å². The van der Waals surface area contributed by atoms with E-state index in [2.05, 4.69) is 64.5 Å². The lowest BCUT2D eigenvalue weighted by Gasteiger charge is -2.22. The summed E-state index contributed by atoms with van der Waals surface area (Å²) < 4.78 is 91.2. The van der Waals surface area contributed by atoms with Gasteiger partial charge in [-0.1, -0.05) is 37.3 Å². The molecule has 2 aromatic carbocycles. The third kappa shape index (κ3) is 31.2. The number of sulfone groups is 2. The fraction of sp³-hybridized carbons (Fsp3) is 0.536. The Morgan fingerprint density at radius 2 is 0.908 bits per heavy atom. The van der Waals surface area contributed by atoms with Crippen molar-refractivity contribution in [2.45, 2.75) is 54.2 Å². The van der Waals surface area contributed by atoms with E-state index in [1.54, 1.807) is 42.5 Å². The fourth-order valence-corrected chi connectivity index (χ4v) is 8.19. The van der Waals surface area contributed by atoms with Crippen molar-refractivity contribution in [1.82, 2.24) is 51.8 Å². The summed E-state index contributed by atoms with van der Waals surface area (Å²) in [6.45, 7) is 8.25. The highest BCUT2D eigenvalue weighted by molar-refractivity contribution is 7.90. The molecule has 6 N–H and O–H groups in total. The zero-order valence-electron chi connectivity index (χ0n) is 49.4. The molecule has 2 heterocycles. The Bertz CT molecular complexity index is 2890. The molecule has 0 radical (unpaired) electrons. The summed E-state index contributed by atoms with van der Waals surface area (Å²) >= 11 is 4.49. The minimum Gasteiger partial charge on any atom is -0.379 e. The predicted molar refractivity (Wildman–Crippen MR) is 320 cm³/mol. The van der Waals surface area contributed by atoms with Gasteiger partial charge in [-0.25, -0.2) is 36.8 Å². The number of carbonyl (C=O) groups is 6. The second kappa shape index (κ2) is 40.0. The molecule has 28 nitrogen and oxygen atoms in total. The van der Waals surface area contributed by atoms with E-state index in [9.17, 15) is 45.6 Å². The molecule has 480 valence electrons. The number of nitrogens with zero attached hydrogens (tertiary/aromatic N) is 4. The third-order valence-corrected chi connectivity index (χ3v) is 14.3. The Labute approximate surface area is 512 Å². The van der Waals surface area contributed by atoms with Gasteiger partial charge in [0.05, 0.1) is 125 Å². The molecule has 0 bridgehead atoms. The minimum atomic E-state index is -3.64. The van der Waals surface area contributed by atoms with Crippen molar-refractivity contribution < 1.29 is 83.5 Å². The number of nitrogens with one attached hydrogen (secondary N) is 6. The van der Waals surface area contributed by atoms with Gasteiger partial charge in [0, 0.05) is 84.7 Å². The maximum Gasteiger partial charge on any atom is 0.251 e. The van der Waals surface area contributed by atoms with E-state index in [-0.39, 0.29) is 81.4 Å². The van der Waals surface area contributed by atoms with Crippen molar-refractivity contribution in [1.29, 1.82) is 0 Å². The summed E-state index contributed by atoms with van der Waals surface area (Å²) in [4.78, 5) is 91.7. The lowest BCUT2D eigenvalue weighted by Crippen LogP contribution is -2.52. The minimum absolute atomic E-state index is 0.00355. The molecule has 0 aliphatic heterocycles. The second-order valence-corrected chi connectivity index (χ2v) is 24.4. The standard InChI is InChI=1S/C56H80N10O18S3/c1-5-56(2,85)40-65-50(69)38-60-53(72)47(29-41-9-7-6-8-10-41)66-51(70)39-59-49(68)37-58-48(67)11-13-77-15-17-79-19-21-81-23-25-83-27-28-84-26-24-82-22-20-80-18-16-78-14-12-57-52(71)44-31-42(45-33-61-54(62-34-45)86(3,73)74)30-43(32-44)46-35-63-55(64-36-46)87(4,75)76/h6-10,30-36,47,85H,5,11-29,37-40H2,1-4H3,(H,57,71)(H,58,67)(H,59,68)(H,60,72)(H,65,69)(H,66,70)/t47-,56?/m0/s1. The van der Waals surface area contributed by atoms with Crippen LogP contribution in [-0.2, 0) is 88.0 Å². The molecular formula is C56H80N10O18S3. The van der Waals surface area contributed by atoms with Crippen molar-refractivity contribution in [2.75, 3.05) is 151 Å². The summed E-state index contributed by atoms with van der Waals surface area (Å²) in [5, 5.41) is 14.9. The lowest BCUT2D eigenvalue weighted by atomic mass is 9.98. The molecular weight excluding hydrogens is 1200 g/mol. The summed E-state index contributed by atoms with van der Waals surface area (Å²) in [6.07, 6.45) is 8.16. The average Bonchev–Trinajstić information content (AvgIpc) is 1.40. The van der Waals surface area contributed by atoms with Crippen LogP contribution >= 0.6 is 12.6 Å². The van der Waals surface area contributed by atoms with E-state index in [1.165, 1.54) is 24.8 Å². The Balaban J connectivity index is 0.915. The van der Waals surface area contributed by atoms with Gasteiger partial charge >= 0.3 is 0 Å². The molecule has 0 spiro atoms. The Hall–Kier alpha value is -6.65. The number of carbonyl (C=O) groups excluding carboxylic acids is 6. The molecule has 87 heavy (non-hydrogen) atoms. The van der Waals surface area contributed by atoms with Crippen molar-refractivity contribution in [3.8, 4) is 22.3 Å². The highest BCUT2D eigenvalue weighted by Gasteiger charge is 2.24. The van der Waals surface area contributed by atoms with E-state index >= 15 is 0 Å². The largest absolute Gasteiger partial charge is 0.379 e. The molecule has 0 aliphatic carbocycles. The first kappa shape index (κ1) is 72.8. The lowest BCUT2D eigenvalue weighted by molar-refractivity contribution is -0.131. The molecule has 1 unspecified atom stereocenters. The van der Waals surface area contributed by atoms with Crippen molar-refractivity contribution in [3.05, 3.63) is 84.4 Å². The molecule has 0 aliphatic rings. The summed E-state index contributed by atoms with van der Waals surface area (Å²) in [5.74, 6) is -3.09. The fourth-order valence-electron chi connectivity index (χ4n) is 7.13. The average molecular weight is 1280 g/mol. The van der Waals surface area contributed by atoms with Gasteiger partial charge in [-0.05, 0) is 48.2 Å². The number of hydrogen-bond donors (Lipinski definition) is 7. The SMILES string of the molecule is CCC(C)(S)CNC(=O)CNC(=O)[C@H](Cc1ccccc1)NC(=O)CNC(=O)CNC(=O)CCOCCOCCOCCOCCOCCOCCOCCOCCNC(=O)c1cc(-c2cnc(S(C)(=O)=O)nc2)cc(-c2cnc(S(C)(=O)=O)nc2)c1. The molecule has 2 aromatic heterocycles. The van der Waals surface area contributed by atoms with Gasteiger partial charge in [0.25, 0.3) is 5.91 Å². The molecule has 6 amide bonds. The summed E-state index contributed by atoms with van der Waals surface area (Å²) in [7, 11) is -7.29.